The second-order valence-electron chi connectivity index (χ2n) is 12.9. The van der Waals surface area contributed by atoms with E-state index >= 15 is 0 Å². The fourth-order valence-electron chi connectivity index (χ4n) is 7.08. The molecule has 0 N–H and O–H groups in total. The van der Waals surface area contributed by atoms with Crippen LogP contribution in [0.2, 0.25) is 13.1 Å². The largest absolute Gasteiger partial charge is 0.455 e. The lowest BCUT2D eigenvalue weighted by Crippen LogP contribution is -2.49. The third-order valence-corrected chi connectivity index (χ3v) is 12.9. The Morgan fingerprint density at radius 3 is 2.02 bits per heavy atom. The highest BCUT2D eigenvalue weighted by Gasteiger charge is 2.40. The highest BCUT2D eigenvalue weighted by atomic mass is 28.3. The molecule has 50 heavy (non-hydrogen) atoms. The third-order valence-electron chi connectivity index (χ3n) is 9.62. The lowest BCUT2D eigenvalue weighted by Gasteiger charge is -2.19. The number of rotatable bonds is 4. The number of hydrogen-bond donors (Lipinski definition) is 0. The maximum Gasteiger partial charge on any atom is 0.164 e. The third kappa shape index (κ3) is 4.40. The smallest absolute Gasteiger partial charge is 0.164 e. The van der Waals surface area contributed by atoms with Crippen molar-refractivity contribution in [2.24, 2.45) is 0 Å². The van der Waals surface area contributed by atoms with Gasteiger partial charge in [0.1, 0.15) is 19.2 Å². The maximum atomic E-state index is 10.1. The molecule has 10 rings (SSSR count). The van der Waals surface area contributed by atoms with Crippen LogP contribution in [0.3, 0.4) is 0 Å². The van der Waals surface area contributed by atoms with Gasteiger partial charge in [-0.05, 0) is 56.0 Å². The number of furan rings is 1. The van der Waals surface area contributed by atoms with Gasteiger partial charge < -0.3 is 4.42 Å². The topological polar surface area (TPSA) is 51.8 Å². The van der Waals surface area contributed by atoms with E-state index in [0.29, 0.717) is 38.7 Å². The van der Waals surface area contributed by atoms with Crippen LogP contribution in [0.4, 0.5) is 0 Å². The first kappa shape index (κ1) is 21.0. The van der Waals surface area contributed by atoms with Gasteiger partial charge in [-0.1, -0.05) is 146 Å². The average Bonchev–Trinajstić information content (AvgIpc) is 3.76. The van der Waals surface area contributed by atoms with Gasteiger partial charge in [0.2, 0.25) is 0 Å². The molecule has 9 aromatic rings. The molecule has 0 saturated heterocycles. The second-order valence-corrected chi connectivity index (χ2v) is 17.2. The molecule has 0 unspecified atom stereocenters. The van der Waals surface area contributed by atoms with E-state index in [1.807, 2.05) is 79.8 Å². The summed E-state index contributed by atoms with van der Waals surface area (Å²) in [6.45, 7) is 3.85. The average molecular weight is 667 g/mol. The molecule has 0 saturated carbocycles. The van der Waals surface area contributed by atoms with E-state index in [1.54, 1.807) is 0 Å². The molecule has 0 aliphatic carbocycles. The summed E-state index contributed by atoms with van der Waals surface area (Å²) >= 11 is 0. The Bertz CT molecular complexity index is 3300. The van der Waals surface area contributed by atoms with Gasteiger partial charge in [0.15, 0.2) is 17.5 Å². The van der Waals surface area contributed by atoms with E-state index in [0.717, 1.165) is 21.9 Å². The summed E-state index contributed by atoms with van der Waals surface area (Å²) in [6.07, 6.45) is 0. The van der Waals surface area contributed by atoms with Gasteiger partial charge in [-0.3, -0.25) is 0 Å². The van der Waals surface area contributed by atoms with Gasteiger partial charge in [0.05, 0.1) is 12.3 Å². The summed E-state index contributed by atoms with van der Waals surface area (Å²) < 4.78 is 87.0. The molecule has 0 atom stereocenters. The van der Waals surface area contributed by atoms with E-state index < -0.39 is 32.2 Å². The molecule has 4 nitrogen and oxygen atoms in total. The SMILES string of the molecule is [2H]c1c([2H])c([2H])c2c(c1[2H])-c1c(c([2H])c(-c3nc(-c4ccccc4)nc(-c4ccc(-c5ccc6ccccc6c5)cc4)n3)c3c1oc1c([2H])c([2H])c([2H])c([2H])c13)[Si]2(C)C. The van der Waals surface area contributed by atoms with Gasteiger partial charge in [0.25, 0.3) is 0 Å². The van der Waals surface area contributed by atoms with Crippen molar-refractivity contribution < 1.29 is 16.8 Å². The summed E-state index contributed by atoms with van der Waals surface area (Å²) in [5, 5.41) is 3.33. The molecule has 0 radical (unpaired) electrons. The van der Waals surface area contributed by atoms with Crippen LogP contribution in [0.5, 0.6) is 0 Å². The molecule has 0 bridgehead atoms. The number of fused-ring (bicyclic) bond motifs is 8. The highest BCUT2D eigenvalue weighted by molar-refractivity contribution is 7.04. The summed E-state index contributed by atoms with van der Waals surface area (Å²) in [5.74, 6) is 0.688. The van der Waals surface area contributed by atoms with E-state index in [9.17, 15) is 1.37 Å². The van der Waals surface area contributed by atoms with Crippen LogP contribution < -0.4 is 10.4 Å². The molecule has 0 spiro atoms. The molecular weight excluding hydrogens is 627 g/mol. The number of nitrogens with zero attached hydrogens (tertiary/aromatic N) is 3. The first-order chi connectivity index (χ1) is 28.3. The minimum Gasteiger partial charge on any atom is -0.455 e. The molecule has 1 aliphatic rings. The van der Waals surface area contributed by atoms with Crippen molar-refractivity contribution >= 4 is 51.2 Å². The zero-order valence-electron chi connectivity index (χ0n) is 36.0. The molecule has 3 heterocycles. The van der Waals surface area contributed by atoms with Crippen molar-refractivity contribution in [3.05, 3.63) is 151 Å². The number of para-hydroxylation sites is 1. The van der Waals surface area contributed by atoms with Gasteiger partial charge in [0, 0.05) is 33.0 Å². The lowest BCUT2D eigenvalue weighted by molar-refractivity contribution is 0.670. The van der Waals surface area contributed by atoms with Crippen LogP contribution in [-0.4, -0.2) is 23.0 Å². The normalized spacial score (nSPS) is 15.7. The van der Waals surface area contributed by atoms with Crippen LogP contribution in [0.1, 0.15) is 12.3 Å². The summed E-state index contributed by atoms with van der Waals surface area (Å²) in [5.41, 5.74) is 3.99. The predicted molar refractivity (Wildman–Crippen MR) is 209 cm³/mol. The van der Waals surface area contributed by atoms with Crippen LogP contribution in [0.25, 0.3) is 89.1 Å². The minimum atomic E-state index is -3.14. The number of benzene rings is 7. The Hall–Kier alpha value is -6.17. The van der Waals surface area contributed by atoms with E-state index in [2.05, 4.69) is 30.3 Å². The Kier molecular flexibility index (Phi) is 4.59. The summed E-state index contributed by atoms with van der Waals surface area (Å²) in [4.78, 5) is 14.9. The molecule has 5 heteroatoms. The minimum absolute atomic E-state index is 0.0222. The number of hydrogen-bond acceptors (Lipinski definition) is 4. The van der Waals surface area contributed by atoms with Crippen LogP contribution in [-0.2, 0) is 0 Å². The quantitative estimate of drug-likeness (QED) is 0.175. The predicted octanol–water partition coefficient (Wildman–Crippen LogP) is 10.4. The molecule has 0 fully saturated rings. The van der Waals surface area contributed by atoms with E-state index in [1.165, 1.54) is 0 Å². The zero-order chi connectivity index (χ0) is 41.2. The van der Waals surface area contributed by atoms with Gasteiger partial charge >= 0.3 is 0 Å². The van der Waals surface area contributed by atoms with Crippen molar-refractivity contribution in [3.63, 3.8) is 0 Å². The van der Waals surface area contributed by atoms with Gasteiger partial charge in [-0.25, -0.2) is 15.0 Å². The Balaban J connectivity index is 1.29. The first-order valence-corrected chi connectivity index (χ1v) is 19.3. The molecule has 7 aromatic carbocycles. The van der Waals surface area contributed by atoms with Crippen molar-refractivity contribution in [2.45, 2.75) is 13.1 Å². The van der Waals surface area contributed by atoms with E-state index in [4.69, 9.17) is 30.3 Å². The zero-order valence-corrected chi connectivity index (χ0v) is 28.0. The van der Waals surface area contributed by atoms with Gasteiger partial charge in [-0.15, -0.1) is 0 Å². The summed E-state index contributed by atoms with van der Waals surface area (Å²) in [6, 6.07) is 28.6. The van der Waals surface area contributed by atoms with E-state index in [-0.39, 0.29) is 69.1 Å². The second kappa shape index (κ2) is 10.9. The number of aromatic nitrogens is 3. The Morgan fingerprint density at radius 1 is 0.560 bits per heavy atom. The molecule has 1 aliphatic heterocycles. The van der Waals surface area contributed by atoms with Gasteiger partial charge in [-0.2, -0.15) is 0 Å². The standard InChI is InChI=1S/C45H31N3OSi/c1-50(2)38-19-11-9-17-35(38)41-39(50)27-36(40-34-16-8-10-18-37(34)49-42(40)41)45-47-43(30-13-4-3-5-14-30)46-44(48-45)31-23-20-29(21-24-31)33-25-22-28-12-6-7-15-32(28)26-33/h3-27H,1-2H3/i8D,9D,10D,11D,16D,17D,18D,19D,27D. The van der Waals surface area contributed by atoms with Crippen molar-refractivity contribution in [2.75, 3.05) is 0 Å². The molecule has 0 amide bonds. The highest BCUT2D eigenvalue weighted by Crippen LogP contribution is 2.43. The Labute approximate surface area is 303 Å². The van der Waals surface area contributed by atoms with Crippen LogP contribution >= 0.6 is 0 Å². The van der Waals surface area contributed by atoms with Crippen LogP contribution in [0.15, 0.2) is 156 Å². The van der Waals surface area contributed by atoms with Crippen molar-refractivity contribution in [1.29, 1.82) is 0 Å². The van der Waals surface area contributed by atoms with Crippen molar-refractivity contribution in [1.82, 2.24) is 15.0 Å². The lowest BCUT2D eigenvalue weighted by atomic mass is 9.98. The molecule has 2 aromatic heterocycles. The molecule has 236 valence electrons. The monoisotopic (exact) mass is 666 g/mol. The fraction of sp³-hybridized carbons (Fsp3) is 0.0444. The molecular formula is C45H31N3OSi. The maximum absolute atomic E-state index is 10.1. The Morgan fingerprint density at radius 2 is 1.20 bits per heavy atom. The first-order valence-electron chi connectivity index (χ1n) is 20.8. The fourth-order valence-corrected chi connectivity index (χ4v) is 9.82. The summed E-state index contributed by atoms with van der Waals surface area (Å²) in [7, 11) is -3.14. The van der Waals surface area contributed by atoms with Crippen molar-refractivity contribution in [3.8, 4) is 56.4 Å². The van der Waals surface area contributed by atoms with Crippen LogP contribution in [0, 0.1) is 0 Å².